The first-order valence-corrected chi connectivity index (χ1v) is 6.61. The number of rotatable bonds is 5. The zero-order valence-electron chi connectivity index (χ0n) is 11.1. The zero-order chi connectivity index (χ0) is 14.5. The van der Waals surface area contributed by atoms with Crippen LogP contribution in [0.2, 0.25) is 5.02 Å². The Morgan fingerprint density at radius 3 is 2.70 bits per heavy atom. The lowest BCUT2D eigenvalue weighted by molar-refractivity contribution is -0.136. The van der Waals surface area contributed by atoms with Gasteiger partial charge in [0.05, 0.1) is 6.42 Å². The Kier molecular flexibility index (Phi) is 4.64. The predicted molar refractivity (Wildman–Crippen MR) is 78.3 cm³/mol. The molecule has 0 saturated carbocycles. The minimum Gasteiger partial charge on any atom is -0.489 e. The summed E-state index contributed by atoms with van der Waals surface area (Å²) in [5, 5.41) is 9.45. The van der Waals surface area contributed by atoms with Crippen LogP contribution < -0.4 is 4.74 Å². The molecule has 1 N–H and O–H groups in total. The fraction of sp³-hybridized carbons (Fsp3) is 0.188. The van der Waals surface area contributed by atoms with Crippen LogP contribution >= 0.6 is 11.6 Å². The van der Waals surface area contributed by atoms with Gasteiger partial charge in [0.2, 0.25) is 0 Å². The van der Waals surface area contributed by atoms with E-state index in [2.05, 4.69) is 0 Å². The number of hydrogen-bond donors (Lipinski definition) is 1. The first-order chi connectivity index (χ1) is 9.56. The van der Waals surface area contributed by atoms with Crippen molar-refractivity contribution in [2.24, 2.45) is 0 Å². The molecule has 2 aromatic rings. The van der Waals surface area contributed by atoms with Gasteiger partial charge in [-0.2, -0.15) is 0 Å². The van der Waals surface area contributed by atoms with E-state index in [0.29, 0.717) is 22.9 Å². The molecule has 0 radical (unpaired) electrons. The monoisotopic (exact) mass is 290 g/mol. The minimum atomic E-state index is -0.857. The molecule has 0 atom stereocenters. The first kappa shape index (κ1) is 14.4. The van der Waals surface area contributed by atoms with E-state index in [1.807, 2.05) is 25.1 Å². The second kappa shape index (κ2) is 6.44. The van der Waals surface area contributed by atoms with Gasteiger partial charge in [-0.05, 0) is 36.2 Å². The Balaban J connectivity index is 2.09. The molecular formula is C16H15ClO3. The van der Waals surface area contributed by atoms with Crippen molar-refractivity contribution in [3.63, 3.8) is 0 Å². The summed E-state index contributed by atoms with van der Waals surface area (Å²) in [5.74, 6) is -0.216. The summed E-state index contributed by atoms with van der Waals surface area (Å²) >= 11 is 6.14. The lowest BCUT2D eigenvalue weighted by Crippen LogP contribution is -2.02. The summed E-state index contributed by atoms with van der Waals surface area (Å²) in [7, 11) is 0. The molecule has 20 heavy (non-hydrogen) atoms. The molecule has 0 fully saturated rings. The third kappa shape index (κ3) is 3.75. The van der Waals surface area contributed by atoms with Crippen molar-refractivity contribution in [3.05, 3.63) is 64.2 Å². The van der Waals surface area contributed by atoms with Gasteiger partial charge in [0.25, 0.3) is 0 Å². The maximum atomic E-state index is 10.7. The summed E-state index contributed by atoms with van der Waals surface area (Å²) in [6.45, 7) is 2.34. The number of carbonyl (C=O) groups is 1. The van der Waals surface area contributed by atoms with Crippen molar-refractivity contribution < 1.29 is 14.6 Å². The second-order valence-electron chi connectivity index (χ2n) is 4.54. The van der Waals surface area contributed by atoms with Gasteiger partial charge in [0.15, 0.2) is 0 Å². The fourth-order valence-electron chi connectivity index (χ4n) is 1.92. The molecule has 0 unspecified atom stereocenters. The Morgan fingerprint density at radius 2 is 2.00 bits per heavy atom. The van der Waals surface area contributed by atoms with Crippen LogP contribution in [0.5, 0.6) is 5.75 Å². The number of hydrogen-bond acceptors (Lipinski definition) is 2. The molecule has 0 bridgehead atoms. The van der Waals surface area contributed by atoms with Crippen molar-refractivity contribution in [2.45, 2.75) is 20.0 Å². The van der Waals surface area contributed by atoms with Crippen LogP contribution in [0.25, 0.3) is 0 Å². The standard InChI is InChI=1S/C16H15ClO3/c1-11-4-2-7-15(17)14(11)10-20-13-6-3-5-12(8-13)9-16(18)19/h2-8H,9-10H2,1H3,(H,18,19). The lowest BCUT2D eigenvalue weighted by Gasteiger charge is -2.11. The van der Waals surface area contributed by atoms with E-state index >= 15 is 0 Å². The van der Waals surface area contributed by atoms with E-state index in [4.69, 9.17) is 21.4 Å². The normalized spacial score (nSPS) is 10.3. The molecule has 0 aromatic heterocycles. The van der Waals surface area contributed by atoms with Crippen LogP contribution in [0.15, 0.2) is 42.5 Å². The zero-order valence-corrected chi connectivity index (χ0v) is 11.9. The van der Waals surface area contributed by atoms with E-state index in [0.717, 1.165) is 11.1 Å². The maximum Gasteiger partial charge on any atom is 0.307 e. The molecule has 4 heteroatoms. The van der Waals surface area contributed by atoms with Crippen LogP contribution in [0, 0.1) is 6.92 Å². The van der Waals surface area contributed by atoms with Gasteiger partial charge in [-0.3, -0.25) is 4.79 Å². The van der Waals surface area contributed by atoms with Crippen LogP contribution in [0.1, 0.15) is 16.7 Å². The summed E-state index contributed by atoms with van der Waals surface area (Å²) in [6, 6.07) is 12.8. The number of halogens is 1. The molecule has 0 spiro atoms. The van der Waals surface area contributed by atoms with Gasteiger partial charge in [-0.15, -0.1) is 0 Å². The summed E-state index contributed by atoms with van der Waals surface area (Å²) < 4.78 is 5.70. The number of aryl methyl sites for hydroxylation is 1. The minimum absolute atomic E-state index is 0.0116. The molecular weight excluding hydrogens is 276 g/mol. The van der Waals surface area contributed by atoms with Crippen molar-refractivity contribution in [1.82, 2.24) is 0 Å². The Morgan fingerprint density at radius 1 is 1.25 bits per heavy atom. The highest BCUT2D eigenvalue weighted by Crippen LogP contribution is 2.22. The lowest BCUT2D eigenvalue weighted by atomic mass is 10.1. The van der Waals surface area contributed by atoms with Gasteiger partial charge >= 0.3 is 5.97 Å². The quantitative estimate of drug-likeness (QED) is 0.909. The smallest absolute Gasteiger partial charge is 0.307 e. The molecule has 2 aromatic carbocycles. The van der Waals surface area contributed by atoms with Crippen LogP contribution in [-0.4, -0.2) is 11.1 Å². The molecule has 0 aliphatic carbocycles. The molecule has 3 nitrogen and oxygen atoms in total. The average molecular weight is 291 g/mol. The number of carboxylic acid groups (broad SMARTS) is 1. The van der Waals surface area contributed by atoms with Crippen LogP contribution in [0.3, 0.4) is 0 Å². The van der Waals surface area contributed by atoms with Gasteiger partial charge in [0.1, 0.15) is 12.4 Å². The maximum absolute atomic E-state index is 10.7. The predicted octanol–water partition coefficient (Wildman–Crippen LogP) is 3.85. The van der Waals surface area contributed by atoms with E-state index in [-0.39, 0.29) is 6.42 Å². The van der Waals surface area contributed by atoms with E-state index < -0.39 is 5.97 Å². The van der Waals surface area contributed by atoms with E-state index in [9.17, 15) is 4.79 Å². The summed E-state index contributed by atoms with van der Waals surface area (Å²) in [5.41, 5.74) is 2.72. The van der Waals surface area contributed by atoms with Crippen molar-refractivity contribution in [1.29, 1.82) is 0 Å². The Bertz CT molecular complexity index is 603. The Labute approximate surface area is 122 Å². The number of carboxylic acids is 1. The highest BCUT2D eigenvalue weighted by Gasteiger charge is 2.06. The third-order valence-electron chi connectivity index (χ3n) is 2.99. The largest absolute Gasteiger partial charge is 0.489 e. The van der Waals surface area contributed by atoms with Crippen LogP contribution in [-0.2, 0) is 17.8 Å². The average Bonchev–Trinajstić information content (AvgIpc) is 2.38. The van der Waals surface area contributed by atoms with Gasteiger partial charge in [-0.25, -0.2) is 0 Å². The van der Waals surface area contributed by atoms with Crippen molar-refractivity contribution in [2.75, 3.05) is 0 Å². The van der Waals surface area contributed by atoms with Crippen molar-refractivity contribution >= 4 is 17.6 Å². The fourth-order valence-corrected chi connectivity index (χ4v) is 2.20. The topological polar surface area (TPSA) is 46.5 Å². The highest BCUT2D eigenvalue weighted by atomic mass is 35.5. The SMILES string of the molecule is Cc1cccc(Cl)c1COc1cccc(CC(=O)O)c1. The number of ether oxygens (including phenoxy) is 1. The molecule has 2 rings (SSSR count). The molecule has 0 saturated heterocycles. The van der Waals surface area contributed by atoms with Gasteiger partial charge in [-0.1, -0.05) is 35.9 Å². The van der Waals surface area contributed by atoms with Gasteiger partial charge in [0, 0.05) is 10.6 Å². The third-order valence-corrected chi connectivity index (χ3v) is 3.34. The highest BCUT2D eigenvalue weighted by molar-refractivity contribution is 6.31. The first-order valence-electron chi connectivity index (χ1n) is 6.24. The molecule has 0 aliphatic heterocycles. The summed E-state index contributed by atoms with van der Waals surface area (Å²) in [4.78, 5) is 10.7. The molecule has 0 heterocycles. The van der Waals surface area contributed by atoms with Crippen molar-refractivity contribution in [3.8, 4) is 5.75 Å². The van der Waals surface area contributed by atoms with E-state index in [1.54, 1.807) is 24.3 Å². The van der Waals surface area contributed by atoms with E-state index in [1.165, 1.54) is 0 Å². The van der Waals surface area contributed by atoms with Gasteiger partial charge < -0.3 is 9.84 Å². The second-order valence-corrected chi connectivity index (χ2v) is 4.95. The van der Waals surface area contributed by atoms with Crippen LogP contribution in [0.4, 0.5) is 0 Å². The number of benzene rings is 2. The Hall–Kier alpha value is -2.00. The molecule has 0 amide bonds. The molecule has 0 aliphatic rings. The summed E-state index contributed by atoms with van der Waals surface area (Å²) in [6.07, 6.45) is -0.0116. The number of aliphatic carboxylic acids is 1. The molecule has 104 valence electrons.